The number of carboxylic acid groups (broad SMARTS) is 1. The molecule has 0 fully saturated rings. The largest absolute Gasteiger partial charge is 0.542 e. The van der Waals surface area contributed by atoms with Gasteiger partial charge >= 0.3 is 12.3 Å². The van der Waals surface area contributed by atoms with Gasteiger partial charge in [0.05, 0.1) is 56.6 Å². The first-order valence-corrected chi connectivity index (χ1v) is 19.9. The number of rotatable bonds is 15. The number of nitrogens with zero attached hydrogens (tertiary/aromatic N) is 4. The third-order valence-corrected chi connectivity index (χ3v) is 11.7. The molecule has 0 radical (unpaired) electrons. The van der Waals surface area contributed by atoms with E-state index in [9.17, 15) is 26.0 Å². The highest BCUT2D eigenvalue weighted by Crippen LogP contribution is 2.39. The maximum Gasteiger partial charge on any atom is 0.430 e. The summed E-state index contributed by atoms with van der Waals surface area (Å²) in [5.41, 5.74) is 1.25. The lowest BCUT2D eigenvalue weighted by Crippen LogP contribution is -2.37. The number of carbonyl (C=O) groups is 1. The summed E-state index contributed by atoms with van der Waals surface area (Å²) in [6.45, 7) is 5.19. The summed E-state index contributed by atoms with van der Waals surface area (Å²) in [5.74, 6) is -5.03. The first-order valence-electron chi connectivity index (χ1n) is 17.1. The zero-order valence-electron chi connectivity index (χ0n) is 32.6. The molecular formula is C38H43ClF6N4O7S2. The van der Waals surface area contributed by atoms with Gasteiger partial charge in [0.15, 0.2) is 5.16 Å². The number of aromatic nitrogens is 2. The predicted octanol–water partition coefficient (Wildman–Crippen LogP) is 6.78. The Hall–Kier alpha value is -4.39. The van der Waals surface area contributed by atoms with E-state index in [4.69, 9.17) is 35.8 Å². The molecule has 0 amide bonds. The lowest BCUT2D eigenvalue weighted by molar-refractivity contribution is -0.870. The van der Waals surface area contributed by atoms with Crippen LogP contribution in [0.3, 0.4) is 0 Å². The van der Waals surface area contributed by atoms with Gasteiger partial charge in [-0.1, -0.05) is 43.3 Å². The average Bonchev–Trinajstić information content (AvgIpc) is 3.56. The molecule has 3 aromatic carbocycles. The van der Waals surface area contributed by atoms with Crippen molar-refractivity contribution in [2.75, 3.05) is 48.4 Å². The number of hydrogen-bond acceptors (Lipinski definition) is 9. The van der Waals surface area contributed by atoms with Crippen molar-refractivity contribution >= 4 is 45.5 Å². The number of unbranched alkanes of at least 4 members (excludes halogenated alkanes) is 2. The Morgan fingerprint density at radius 2 is 1.53 bits per heavy atom. The Kier molecular flexibility index (Phi) is 18.0. The van der Waals surface area contributed by atoms with Crippen molar-refractivity contribution in [3.63, 3.8) is 0 Å². The minimum atomic E-state index is -5.19. The maximum absolute atomic E-state index is 15.4. The summed E-state index contributed by atoms with van der Waals surface area (Å²) in [7, 11) is 5.15. The van der Waals surface area contributed by atoms with Gasteiger partial charge in [0.2, 0.25) is 10.0 Å². The normalized spacial score (nSPS) is 11.9. The second kappa shape index (κ2) is 21.0. The quantitative estimate of drug-likeness (QED) is 0.0548. The molecule has 0 saturated heterocycles. The minimum absolute atomic E-state index is 0.174. The van der Waals surface area contributed by atoms with Crippen molar-refractivity contribution in [1.82, 2.24) is 13.9 Å². The van der Waals surface area contributed by atoms with Crippen molar-refractivity contribution in [2.24, 2.45) is 0 Å². The molecule has 318 valence electrons. The van der Waals surface area contributed by atoms with Crippen LogP contribution in [0.4, 0.5) is 26.3 Å². The van der Waals surface area contributed by atoms with Crippen molar-refractivity contribution in [3.05, 3.63) is 100 Å². The van der Waals surface area contributed by atoms with Crippen molar-refractivity contribution in [1.29, 1.82) is 0 Å². The first kappa shape index (κ1) is 49.8. The Balaban J connectivity index is 0.00000103. The number of sulfonamides is 1. The number of aliphatic carboxylic acids is 1. The summed E-state index contributed by atoms with van der Waals surface area (Å²) >= 11 is 7.36. The van der Waals surface area contributed by atoms with Crippen molar-refractivity contribution < 1.29 is 63.5 Å². The van der Waals surface area contributed by atoms with Gasteiger partial charge in [0.25, 0.3) is 0 Å². The van der Waals surface area contributed by atoms with Gasteiger partial charge in [-0.3, -0.25) is 4.57 Å². The lowest BCUT2D eigenvalue weighted by Gasteiger charge is -2.28. The molecule has 0 spiro atoms. The topological polar surface area (TPSA) is 139 Å². The lowest BCUT2D eigenvalue weighted by atomic mass is 9.81. The van der Waals surface area contributed by atoms with E-state index in [1.165, 1.54) is 26.3 Å². The summed E-state index contributed by atoms with van der Waals surface area (Å²) in [5, 5.41) is 9.65. The van der Waals surface area contributed by atoms with Gasteiger partial charge < -0.3 is 19.1 Å². The third-order valence-electron chi connectivity index (χ3n) is 8.53. The fourth-order valence-electron chi connectivity index (χ4n) is 5.31. The summed E-state index contributed by atoms with van der Waals surface area (Å²) in [6.07, 6.45) is -0.844. The van der Waals surface area contributed by atoms with E-state index in [0.717, 1.165) is 63.3 Å². The van der Waals surface area contributed by atoms with Crippen LogP contribution in [-0.4, -0.2) is 93.4 Å². The van der Waals surface area contributed by atoms with Gasteiger partial charge in [-0.2, -0.15) is 22.8 Å². The fourth-order valence-corrected chi connectivity index (χ4v) is 7.75. The Morgan fingerprint density at radius 1 is 0.983 bits per heavy atom. The van der Waals surface area contributed by atoms with Crippen molar-refractivity contribution in [3.8, 4) is 11.4 Å². The standard InChI is InChI=1S/C35H43ClF3N4O3S2.C2HF3O2.CO2/c1-35(2,24-11-16-29(36)32(19-24)46-7)33-22-40-34(42(33)26-14-12-25(37)13-15-26)47-23-28-30(38)20-27(21-31(28)39)48(44,45)41(3)17-9-8-10-18-43(4,5)6;3-2(4,5)1(6)7;2-1-3/h11-16,19-22H,8-10,17-18,23H2,1-7H3;(H,6,7);/q+1;;/p-1. The number of carboxylic acids is 1. The van der Waals surface area contributed by atoms with E-state index < -0.39 is 49.9 Å². The number of benzene rings is 3. The molecule has 0 aliphatic carbocycles. The van der Waals surface area contributed by atoms with E-state index in [2.05, 4.69) is 26.1 Å². The number of hydrogen-bond donors (Lipinski definition) is 0. The van der Waals surface area contributed by atoms with Crippen LogP contribution >= 0.6 is 23.4 Å². The predicted molar refractivity (Wildman–Crippen MR) is 202 cm³/mol. The van der Waals surface area contributed by atoms with Gasteiger partial charge in [0, 0.05) is 36.0 Å². The SMILES string of the molecule is COc1cc(C(C)(C)c2cnc(SCc3c(F)cc(S(=O)(=O)N(C)CCCCC[N+](C)(C)C)cc3F)n2-c2ccc(F)cc2)ccc1Cl.O=C([O-])C(F)(F)F.O=C=O. The van der Waals surface area contributed by atoms with Crippen LogP contribution in [0.15, 0.2) is 70.8 Å². The minimum Gasteiger partial charge on any atom is -0.542 e. The molecule has 0 N–H and O–H groups in total. The molecule has 0 bridgehead atoms. The molecule has 0 saturated carbocycles. The number of alkyl halides is 3. The van der Waals surface area contributed by atoms with Gasteiger partial charge in [0.1, 0.15) is 29.2 Å². The van der Waals surface area contributed by atoms with Gasteiger partial charge in [-0.25, -0.2) is 30.9 Å². The molecular weight excluding hydrogens is 838 g/mol. The number of ether oxygens (including phenoxy) is 1. The van der Waals surface area contributed by atoms with E-state index in [1.807, 2.05) is 30.5 Å². The Morgan fingerprint density at radius 3 is 2.03 bits per heavy atom. The second-order valence-corrected chi connectivity index (χ2v) is 17.5. The van der Waals surface area contributed by atoms with Crippen molar-refractivity contribution in [2.45, 2.75) is 60.5 Å². The highest BCUT2D eigenvalue weighted by Gasteiger charge is 2.31. The third kappa shape index (κ3) is 13.9. The summed E-state index contributed by atoms with van der Waals surface area (Å²) in [6, 6.07) is 13.1. The molecule has 20 heteroatoms. The van der Waals surface area contributed by atoms with Crippen LogP contribution < -0.4 is 9.84 Å². The van der Waals surface area contributed by atoms with Crippen LogP contribution in [0, 0.1) is 17.5 Å². The molecule has 0 aliphatic rings. The Bertz CT molecular complexity index is 2130. The average molecular weight is 881 g/mol. The van der Waals surface area contributed by atoms with Gasteiger partial charge in [-0.15, -0.1) is 0 Å². The monoisotopic (exact) mass is 880 g/mol. The Labute approximate surface area is 342 Å². The van der Waals surface area contributed by atoms with Crippen LogP contribution in [0.5, 0.6) is 5.75 Å². The zero-order valence-corrected chi connectivity index (χ0v) is 35.0. The number of thioether (sulfide) groups is 1. The molecule has 11 nitrogen and oxygen atoms in total. The number of quaternary nitrogens is 1. The smallest absolute Gasteiger partial charge is 0.430 e. The van der Waals surface area contributed by atoms with Crippen LogP contribution in [0.1, 0.15) is 49.9 Å². The van der Waals surface area contributed by atoms with E-state index in [1.54, 1.807) is 24.4 Å². The molecule has 4 aromatic rings. The fraction of sp³-hybridized carbons (Fsp3) is 0.395. The number of halogens is 7. The number of imidazole rings is 1. The van der Waals surface area contributed by atoms with E-state index in [-0.39, 0.29) is 24.0 Å². The molecule has 58 heavy (non-hydrogen) atoms. The molecule has 0 aliphatic heterocycles. The number of carbonyl (C=O) groups excluding carboxylic acids is 3. The van der Waals surface area contributed by atoms with Crippen LogP contribution in [-0.2, 0) is 35.6 Å². The van der Waals surface area contributed by atoms with Gasteiger partial charge in [-0.05, 0) is 73.4 Å². The van der Waals surface area contributed by atoms with E-state index >= 15 is 8.78 Å². The molecule has 0 unspecified atom stereocenters. The highest BCUT2D eigenvalue weighted by molar-refractivity contribution is 7.98. The molecule has 1 aromatic heterocycles. The summed E-state index contributed by atoms with van der Waals surface area (Å²) < 4.78 is 112. The molecule has 4 rings (SSSR count). The van der Waals surface area contributed by atoms with E-state index in [0.29, 0.717) is 28.0 Å². The second-order valence-electron chi connectivity index (χ2n) is 14.1. The van der Waals surface area contributed by atoms with Crippen LogP contribution in [0.2, 0.25) is 5.02 Å². The molecule has 1 heterocycles. The maximum atomic E-state index is 15.4. The molecule has 0 atom stereocenters. The highest BCUT2D eigenvalue weighted by atomic mass is 35.5. The summed E-state index contributed by atoms with van der Waals surface area (Å²) in [4.78, 5) is 29.2. The first-order chi connectivity index (χ1) is 26.8. The zero-order chi connectivity index (χ0) is 44.2. The number of methoxy groups -OCH3 is 1. The van der Waals surface area contributed by atoms with Crippen LogP contribution in [0.25, 0.3) is 5.69 Å².